The maximum atomic E-state index is 11.8. The summed E-state index contributed by atoms with van der Waals surface area (Å²) in [6.07, 6.45) is 20.6. The lowest BCUT2D eigenvalue weighted by Gasteiger charge is -2.13. The number of hydrogen-bond acceptors (Lipinski definition) is 4. The normalized spacial score (nSPS) is 12.3. The fraction of sp³-hybridized carbons (Fsp3) is 0.955. The van der Waals surface area contributed by atoms with Crippen molar-refractivity contribution in [2.45, 2.75) is 129 Å². The van der Waals surface area contributed by atoms with Crippen LogP contribution in [0.3, 0.4) is 0 Å². The van der Waals surface area contributed by atoms with Gasteiger partial charge in [-0.25, -0.2) is 0 Å². The zero-order valence-electron chi connectivity index (χ0n) is 17.5. The van der Waals surface area contributed by atoms with E-state index in [-0.39, 0.29) is 5.97 Å². The van der Waals surface area contributed by atoms with Crippen molar-refractivity contribution in [1.29, 1.82) is 0 Å². The zero-order chi connectivity index (χ0) is 19.3. The van der Waals surface area contributed by atoms with Crippen LogP contribution in [0.5, 0.6) is 0 Å². The van der Waals surface area contributed by atoms with Crippen LogP contribution in [-0.2, 0) is 9.53 Å². The van der Waals surface area contributed by atoms with E-state index < -0.39 is 6.23 Å². The van der Waals surface area contributed by atoms with Crippen LogP contribution in [0.15, 0.2) is 0 Å². The van der Waals surface area contributed by atoms with Crippen LogP contribution in [-0.4, -0.2) is 18.7 Å². The molecule has 4 nitrogen and oxygen atoms in total. The summed E-state index contributed by atoms with van der Waals surface area (Å²) < 4.78 is 5.31. The number of ether oxygens (including phenoxy) is 1. The van der Waals surface area contributed by atoms with E-state index in [9.17, 15) is 4.79 Å². The highest BCUT2D eigenvalue weighted by Crippen LogP contribution is 2.12. The Morgan fingerprint density at radius 2 is 1.19 bits per heavy atom. The topological polar surface area (TPSA) is 78.3 Å². The maximum Gasteiger partial charge on any atom is 0.307 e. The fourth-order valence-corrected chi connectivity index (χ4v) is 3.24. The van der Waals surface area contributed by atoms with E-state index in [4.69, 9.17) is 16.2 Å². The largest absolute Gasteiger partial charge is 0.447 e. The minimum Gasteiger partial charge on any atom is -0.447 e. The Bertz CT molecular complexity index is 298. The first kappa shape index (κ1) is 25.4. The number of rotatable bonds is 20. The molecule has 0 radical (unpaired) electrons. The van der Waals surface area contributed by atoms with E-state index in [2.05, 4.69) is 6.92 Å². The molecule has 0 rings (SSSR count). The molecule has 0 bridgehead atoms. The second kappa shape index (κ2) is 20.7. The second-order valence-electron chi connectivity index (χ2n) is 7.66. The van der Waals surface area contributed by atoms with Gasteiger partial charge in [0.15, 0.2) is 6.23 Å². The first-order valence-corrected chi connectivity index (χ1v) is 11.4. The van der Waals surface area contributed by atoms with Gasteiger partial charge >= 0.3 is 5.97 Å². The summed E-state index contributed by atoms with van der Waals surface area (Å²) in [5, 5.41) is 0. The lowest BCUT2D eigenvalue weighted by Crippen LogP contribution is -2.26. The summed E-state index contributed by atoms with van der Waals surface area (Å²) in [7, 11) is 0. The molecular weight excluding hydrogens is 324 g/mol. The van der Waals surface area contributed by atoms with Crippen LogP contribution < -0.4 is 11.5 Å². The highest BCUT2D eigenvalue weighted by molar-refractivity contribution is 5.69. The van der Waals surface area contributed by atoms with Crippen molar-refractivity contribution in [3.05, 3.63) is 0 Å². The molecule has 0 amide bonds. The first-order chi connectivity index (χ1) is 12.7. The third-order valence-electron chi connectivity index (χ3n) is 4.96. The Hall–Kier alpha value is -0.610. The van der Waals surface area contributed by atoms with Gasteiger partial charge < -0.3 is 10.5 Å². The molecule has 4 N–H and O–H groups in total. The summed E-state index contributed by atoms with van der Waals surface area (Å²) >= 11 is 0. The quantitative estimate of drug-likeness (QED) is 0.161. The van der Waals surface area contributed by atoms with E-state index in [1.54, 1.807) is 0 Å². The van der Waals surface area contributed by atoms with E-state index in [1.165, 1.54) is 77.0 Å². The average Bonchev–Trinajstić information content (AvgIpc) is 2.62. The van der Waals surface area contributed by atoms with Gasteiger partial charge in [-0.05, 0) is 32.2 Å². The van der Waals surface area contributed by atoms with Gasteiger partial charge in [-0.15, -0.1) is 0 Å². The van der Waals surface area contributed by atoms with Gasteiger partial charge in [-0.1, -0.05) is 90.4 Å². The smallest absolute Gasteiger partial charge is 0.307 e. The number of hydrogen-bond donors (Lipinski definition) is 2. The minimum atomic E-state index is -0.418. The van der Waals surface area contributed by atoms with Crippen molar-refractivity contribution >= 4 is 5.97 Å². The van der Waals surface area contributed by atoms with Gasteiger partial charge in [0.05, 0.1) is 0 Å². The molecule has 0 aromatic carbocycles. The van der Waals surface area contributed by atoms with Crippen LogP contribution in [0.2, 0.25) is 0 Å². The third-order valence-corrected chi connectivity index (χ3v) is 4.96. The van der Waals surface area contributed by atoms with Crippen LogP contribution in [0.4, 0.5) is 0 Å². The standard InChI is InChI=1S/C22H46N2O2/c1-2-3-4-5-6-7-10-13-16-19-22(25)26-21(24)18-15-12-9-8-11-14-17-20-23/h21H,2-20,23-24H2,1H3. The van der Waals surface area contributed by atoms with Crippen molar-refractivity contribution in [3.8, 4) is 0 Å². The summed E-state index contributed by atoms with van der Waals surface area (Å²) in [6, 6.07) is 0. The maximum absolute atomic E-state index is 11.8. The van der Waals surface area contributed by atoms with Gasteiger partial charge in [0.2, 0.25) is 0 Å². The van der Waals surface area contributed by atoms with Gasteiger partial charge in [0.1, 0.15) is 0 Å². The van der Waals surface area contributed by atoms with Gasteiger partial charge in [0, 0.05) is 6.42 Å². The Morgan fingerprint density at radius 1 is 0.731 bits per heavy atom. The average molecular weight is 371 g/mol. The Kier molecular flexibility index (Phi) is 20.2. The van der Waals surface area contributed by atoms with Crippen molar-refractivity contribution < 1.29 is 9.53 Å². The molecule has 0 spiro atoms. The molecule has 0 saturated heterocycles. The number of unbranched alkanes of at least 4 members (excludes halogenated alkanes) is 14. The second-order valence-corrected chi connectivity index (χ2v) is 7.66. The molecule has 156 valence electrons. The molecule has 0 aliphatic rings. The molecule has 0 aliphatic heterocycles. The molecule has 4 heteroatoms. The SMILES string of the molecule is CCCCCCCCCCCC(=O)OC(N)CCCCCCCCCN. The predicted molar refractivity (Wildman–Crippen MR) is 112 cm³/mol. The van der Waals surface area contributed by atoms with E-state index in [1.807, 2.05) is 0 Å². The van der Waals surface area contributed by atoms with Crippen molar-refractivity contribution in [3.63, 3.8) is 0 Å². The van der Waals surface area contributed by atoms with Crippen LogP contribution in [0, 0.1) is 0 Å². The molecule has 1 unspecified atom stereocenters. The minimum absolute atomic E-state index is 0.123. The van der Waals surface area contributed by atoms with Crippen LogP contribution in [0.25, 0.3) is 0 Å². The number of nitrogens with two attached hydrogens (primary N) is 2. The summed E-state index contributed by atoms with van der Waals surface area (Å²) in [5.74, 6) is -0.123. The lowest BCUT2D eigenvalue weighted by molar-refractivity contribution is -0.149. The molecule has 0 aliphatic carbocycles. The molecule has 0 aromatic rings. The fourth-order valence-electron chi connectivity index (χ4n) is 3.24. The summed E-state index contributed by atoms with van der Waals surface area (Å²) in [4.78, 5) is 11.8. The number of esters is 1. The Morgan fingerprint density at radius 3 is 1.73 bits per heavy atom. The Labute approximate surface area is 162 Å². The van der Waals surface area contributed by atoms with E-state index in [0.29, 0.717) is 6.42 Å². The highest BCUT2D eigenvalue weighted by Gasteiger charge is 2.09. The van der Waals surface area contributed by atoms with Crippen molar-refractivity contribution in [1.82, 2.24) is 0 Å². The number of carbonyl (C=O) groups is 1. The van der Waals surface area contributed by atoms with Crippen LogP contribution in [0.1, 0.15) is 122 Å². The molecular formula is C22H46N2O2. The highest BCUT2D eigenvalue weighted by atomic mass is 16.6. The predicted octanol–water partition coefficient (Wildman–Crippen LogP) is 5.81. The van der Waals surface area contributed by atoms with Crippen molar-refractivity contribution in [2.24, 2.45) is 11.5 Å². The molecule has 0 heterocycles. The van der Waals surface area contributed by atoms with Crippen molar-refractivity contribution in [2.75, 3.05) is 6.54 Å². The summed E-state index contributed by atoms with van der Waals surface area (Å²) in [5.41, 5.74) is 11.4. The van der Waals surface area contributed by atoms with Crippen LogP contribution >= 0.6 is 0 Å². The molecule has 26 heavy (non-hydrogen) atoms. The summed E-state index contributed by atoms with van der Waals surface area (Å²) in [6.45, 7) is 3.05. The van der Waals surface area contributed by atoms with E-state index >= 15 is 0 Å². The molecule has 0 fully saturated rings. The first-order valence-electron chi connectivity index (χ1n) is 11.4. The monoisotopic (exact) mass is 370 g/mol. The van der Waals surface area contributed by atoms with Gasteiger partial charge in [-0.2, -0.15) is 0 Å². The van der Waals surface area contributed by atoms with Gasteiger partial charge in [-0.3, -0.25) is 10.5 Å². The Balaban J connectivity index is 3.32. The molecule has 0 aromatic heterocycles. The third kappa shape index (κ3) is 19.7. The van der Waals surface area contributed by atoms with Gasteiger partial charge in [0.25, 0.3) is 0 Å². The molecule has 1 atom stereocenters. The van der Waals surface area contributed by atoms with E-state index in [0.717, 1.165) is 38.6 Å². The zero-order valence-corrected chi connectivity index (χ0v) is 17.5. The lowest BCUT2D eigenvalue weighted by atomic mass is 10.1. The molecule has 0 saturated carbocycles. The number of carbonyl (C=O) groups excluding carboxylic acids is 1.